The first-order valence-corrected chi connectivity index (χ1v) is 6.66. The smallest absolute Gasteiger partial charge is 0.0592 e. The molecule has 2 aliphatic heterocycles. The van der Waals surface area contributed by atoms with Gasteiger partial charge in [-0.05, 0) is 28.4 Å². The zero-order chi connectivity index (χ0) is 9.54. The van der Waals surface area contributed by atoms with E-state index in [1.54, 1.807) is 0 Å². The first kappa shape index (κ1) is 9.04. The second-order valence-corrected chi connectivity index (χ2v) is 6.01. The van der Waals surface area contributed by atoms with E-state index in [9.17, 15) is 0 Å². The monoisotopic (exact) mass is 270 g/mol. The summed E-state index contributed by atoms with van der Waals surface area (Å²) in [7, 11) is 0. The van der Waals surface area contributed by atoms with Crippen LogP contribution in [0.3, 0.4) is 0 Å². The van der Waals surface area contributed by atoms with E-state index in [2.05, 4.69) is 43.6 Å². The van der Waals surface area contributed by atoms with Crippen LogP contribution >= 0.6 is 27.7 Å². The molecule has 2 fully saturated rings. The van der Waals surface area contributed by atoms with Gasteiger partial charge >= 0.3 is 0 Å². The molecule has 0 amide bonds. The molecular formula is C10H11BrN2S. The number of thioether (sulfide) groups is 1. The topological polar surface area (TPSA) is 16.1 Å². The van der Waals surface area contributed by atoms with E-state index in [0.717, 1.165) is 15.8 Å². The van der Waals surface area contributed by atoms with Crippen molar-refractivity contribution in [2.24, 2.45) is 0 Å². The van der Waals surface area contributed by atoms with Crippen LogP contribution in [-0.4, -0.2) is 28.6 Å². The van der Waals surface area contributed by atoms with Crippen molar-refractivity contribution in [3.05, 3.63) is 22.9 Å². The molecule has 0 radical (unpaired) electrons. The Bertz CT molecular complexity index is 358. The van der Waals surface area contributed by atoms with Crippen molar-refractivity contribution in [1.29, 1.82) is 0 Å². The summed E-state index contributed by atoms with van der Waals surface area (Å²) in [6.45, 7) is 1.21. The molecule has 2 saturated heterocycles. The van der Waals surface area contributed by atoms with Crippen LogP contribution in [0, 0.1) is 0 Å². The molecule has 4 heteroatoms. The summed E-state index contributed by atoms with van der Waals surface area (Å²) in [5, 5.41) is 0.861. The number of nitrogens with zero attached hydrogens (tertiary/aromatic N) is 2. The van der Waals surface area contributed by atoms with Crippen molar-refractivity contribution in [1.82, 2.24) is 4.98 Å². The minimum atomic E-state index is 0.753. The standard InChI is InChI=1S/C10H11BrN2S/c11-9-4-12-2-1-10(9)13-5-8-3-7(13)6-14-8/h1-2,4,7-8H,3,5-6H2. The van der Waals surface area contributed by atoms with E-state index in [0.29, 0.717) is 0 Å². The van der Waals surface area contributed by atoms with Crippen LogP contribution in [0.5, 0.6) is 0 Å². The van der Waals surface area contributed by atoms with Crippen molar-refractivity contribution >= 4 is 33.4 Å². The van der Waals surface area contributed by atoms with Crippen LogP contribution in [0.1, 0.15) is 6.42 Å². The van der Waals surface area contributed by atoms with Crippen LogP contribution in [0.25, 0.3) is 0 Å². The average molecular weight is 271 g/mol. The molecule has 2 bridgehead atoms. The zero-order valence-corrected chi connectivity index (χ0v) is 10.1. The molecule has 0 saturated carbocycles. The molecule has 2 atom stereocenters. The molecule has 2 unspecified atom stereocenters. The van der Waals surface area contributed by atoms with E-state index in [4.69, 9.17) is 0 Å². The fraction of sp³-hybridized carbons (Fsp3) is 0.500. The number of hydrogen-bond acceptors (Lipinski definition) is 3. The summed E-state index contributed by atoms with van der Waals surface area (Å²) in [6.07, 6.45) is 5.12. The van der Waals surface area contributed by atoms with Crippen molar-refractivity contribution in [2.45, 2.75) is 17.7 Å². The molecule has 14 heavy (non-hydrogen) atoms. The van der Waals surface area contributed by atoms with Gasteiger partial charge in [-0.2, -0.15) is 11.8 Å². The van der Waals surface area contributed by atoms with Crippen molar-refractivity contribution in [2.75, 3.05) is 17.2 Å². The Labute approximate surface area is 96.2 Å². The summed E-state index contributed by atoms with van der Waals surface area (Å²) in [4.78, 5) is 6.62. The third-order valence-corrected chi connectivity index (χ3v) is 4.96. The number of halogens is 1. The van der Waals surface area contributed by atoms with Gasteiger partial charge in [-0.15, -0.1) is 0 Å². The van der Waals surface area contributed by atoms with E-state index in [1.807, 2.05) is 12.4 Å². The lowest BCUT2D eigenvalue weighted by molar-refractivity contribution is 0.761. The Balaban J connectivity index is 1.93. The van der Waals surface area contributed by atoms with Crippen LogP contribution < -0.4 is 4.90 Å². The Morgan fingerprint density at radius 3 is 3.14 bits per heavy atom. The second kappa shape index (κ2) is 3.42. The van der Waals surface area contributed by atoms with Gasteiger partial charge in [-0.1, -0.05) is 0 Å². The molecule has 0 aliphatic carbocycles. The second-order valence-electron chi connectivity index (χ2n) is 3.82. The Hall–Kier alpha value is -0.220. The van der Waals surface area contributed by atoms with Gasteiger partial charge in [-0.3, -0.25) is 4.98 Å². The summed E-state index contributed by atoms with van der Waals surface area (Å²) in [6, 6.07) is 2.86. The summed E-state index contributed by atoms with van der Waals surface area (Å²) in [5.74, 6) is 1.29. The highest BCUT2D eigenvalue weighted by Gasteiger charge is 2.38. The minimum absolute atomic E-state index is 0.753. The first-order chi connectivity index (χ1) is 6.84. The molecule has 1 aromatic heterocycles. The highest BCUT2D eigenvalue weighted by molar-refractivity contribution is 9.10. The quantitative estimate of drug-likeness (QED) is 0.781. The Morgan fingerprint density at radius 1 is 1.57 bits per heavy atom. The molecule has 3 rings (SSSR count). The van der Waals surface area contributed by atoms with Crippen molar-refractivity contribution in [3.63, 3.8) is 0 Å². The summed E-state index contributed by atoms with van der Waals surface area (Å²) < 4.78 is 1.12. The van der Waals surface area contributed by atoms with Crippen molar-refractivity contribution < 1.29 is 0 Å². The van der Waals surface area contributed by atoms with Gasteiger partial charge in [0.2, 0.25) is 0 Å². The Kier molecular flexibility index (Phi) is 2.21. The number of anilines is 1. The predicted molar refractivity (Wildman–Crippen MR) is 63.9 cm³/mol. The predicted octanol–water partition coefficient (Wildman–Crippen LogP) is 2.54. The number of hydrogen-bond donors (Lipinski definition) is 0. The lowest BCUT2D eigenvalue weighted by atomic mass is 10.2. The maximum absolute atomic E-state index is 4.10. The maximum atomic E-state index is 4.10. The summed E-state index contributed by atoms with van der Waals surface area (Å²) in [5.41, 5.74) is 1.31. The SMILES string of the molecule is Brc1cnccc1N1CC2CC1CS2. The van der Waals surface area contributed by atoms with E-state index in [1.165, 1.54) is 24.4 Å². The van der Waals surface area contributed by atoms with Crippen LogP contribution in [0.4, 0.5) is 5.69 Å². The number of rotatable bonds is 1. The summed E-state index contributed by atoms with van der Waals surface area (Å²) >= 11 is 5.69. The van der Waals surface area contributed by atoms with Gasteiger partial charge in [0.05, 0.1) is 10.2 Å². The van der Waals surface area contributed by atoms with Gasteiger partial charge in [0.25, 0.3) is 0 Å². The highest BCUT2D eigenvalue weighted by atomic mass is 79.9. The van der Waals surface area contributed by atoms with Gasteiger partial charge in [0, 0.05) is 36.0 Å². The number of pyridine rings is 1. The molecule has 0 aromatic carbocycles. The molecule has 2 aliphatic rings. The molecule has 3 heterocycles. The van der Waals surface area contributed by atoms with Gasteiger partial charge in [0.15, 0.2) is 0 Å². The third-order valence-electron chi connectivity index (χ3n) is 2.96. The molecular weight excluding hydrogens is 260 g/mol. The van der Waals surface area contributed by atoms with E-state index in [-0.39, 0.29) is 0 Å². The number of aromatic nitrogens is 1. The molecule has 74 valence electrons. The minimum Gasteiger partial charge on any atom is -0.366 e. The molecule has 0 spiro atoms. The molecule has 1 aromatic rings. The van der Waals surface area contributed by atoms with Crippen molar-refractivity contribution in [3.8, 4) is 0 Å². The molecule has 0 N–H and O–H groups in total. The third kappa shape index (κ3) is 1.36. The van der Waals surface area contributed by atoms with Gasteiger partial charge in [0.1, 0.15) is 0 Å². The lowest BCUT2D eigenvalue weighted by Crippen LogP contribution is -2.34. The fourth-order valence-electron chi connectivity index (χ4n) is 2.30. The largest absolute Gasteiger partial charge is 0.366 e. The van der Waals surface area contributed by atoms with E-state index >= 15 is 0 Å². The zero-order valence-electron chi connectivity index (χ0n) is 7.69. The van der Waals surface area contributed by atoms with E-state index < -0.39 is 0 Å². The lowest BCUT2D eigenvalue weighted by Gasteiger charge is -2.29. The maximum Gasteiger partial charge on any atom is 0.0592 e. The normalized spacial score (nSPS) is 29.9. The fourth-order valence-corrected chi connectivity index (χ4v) is 4.21. The van der Waals surface area contributed by atoms with Gasteiger partial charge < -0.3 is 4.90 Å². The number of fused-ring (bicyclic) bond motifs is 2. The van der Waals surface area contributed by atoms with Gasteiger partial charge in [-0.25, -0.2) is 0 Å². The Morgan fingerprint density at radius 2 is 2.50 bits per heavy atom. The highest BCUT2D eigenvalue weighted by Crippen LogP contribution is 2.41. The first-order valence-electron chi connectivity index (χ1n) is 4.82. The van der Waals surface area contributed by atoms with Crippen LogP contribution in [-0.2, 0) is 0 Å². The van der Waals surface area contributed by atoms with Crippen LogP contribution in [0.15, 0.2) is 22.9 Å². The molecule has 2 nitrogen and oxygen atoms in total. The average Bonchev–Trinajstić information content (AvgIpc) is 2.79. The van der Waals surface area contributed by atoms with Crippen LogP contribution in [0.2, 0.25) is 0 Å².